The van der Waals surface area contributed by atoms with Crippen LogP contribution in [0.25, 0.3) is 0 Å². The molecule has 2 rings (SSSR count). The summed E-state index contributed by atoms with van der Waals surface area (Å²) in [5.41, 5.74) is 1.12. The summed E-state index contributed by atoms with van der Waals surface area (Å²) in [7, 11) is 1.69. The van der Waals surface area contributed by atoms with Gasteiger partial charge < -0.3 is 14.8 Å². The Morgan fingerprint density at radius 3 is 3.21 bits per heavy atom. The molecule has 0 radical (unpaired) electrons. The standard InChI is InChI=1S/C11H15NO2/c1-13-10-4-2-5-11-9(10)8-12-6-3-7-14-11/h2,4-5,12H,3,6-8H2,1H3. The first kappa shape index (κ1) is 9.34. The molecule has 0 spiro atoms. The molecule has 3 nitrogen and oxygen atoms in total. The fourth-order valence-electron chi connectivity index (χ4n) is 1.64. The van der Waals surface area contributed by atoms with Crippen LogP contribution in [0.4, 0.5) is 0 Å². The molecule has 0 atom stereocenters. The molecule has 0 fully saturated rings. The van der Waals surface area contributed by atoms with Crippen LogP contribution < -0.4 is 14.8 Å². The molecule has 1 aliphatic rings. The van der Waals surface area contributed by atoms with Gasteiger partial charge in [-0.2, -0.15) is 0 Å². The summed E-state index contributed by atoms with van der Waals surface area (Å²) in [6.07, 6.45) is 1.05. The summed E-state index contributed by atoms with van der Waals surface area (Å²) in [5.74, 6) is 1.84. The van der Waals surface area contributed by atoms with Crippen LogP contribution in [0.2, 0.25) is 0 Å². The largest absolute Gasteiger partial charge is 0.496 e. The number of hydrogen-bond acceptors (Lipinski definition) is 3. The first-order chi connectivity index (χ1) is 6.92. The predicted molar refractivity (Wildman–Crippen MR) is 54.8 cm³/mol. The third kappa shape index (κ3) is 1.82. The van der Waals surface area contributed by atoms with Crippen molar-refractivity contribution in [3.8, 4) is 11.5 Å². The highest BCUT2D eigenvalue weighted by Gasteiger charge is 2.11. The molecule has 0 amide bonds. The Labute approximate surface area is 84.0 Å². The molecule has 3 heteroatoms. The number of hydrogen-bond donors (Lipinski definition) is 1. The van der Waals surface area contributed by atoms with Crippen LogP contribution in [0.1, 0.15) is 12.0 Å². The number of ether oxygens (including phenoxy) is 2. The second kappa shape index (κ2) is 4.33. The van der Waals surface area contributed by atoms with Crippen LogP contribution >= 0.6 is 0 Å². The molecule has 1 aromatic rings. The van der Waals surface area contributed by atoms with Gasteiger partial charge in [0, 0.05) is 12.1 Å². The Bertz CT molecular complexity index is 312. The lowest BCUT2D eigenvalue weighted by Gasteiger charge is -2.18. The minimum absolute atomic E-state index is 0.771. The summed E-state index contributed by atoms with van der Waals surface area (Å²) in [6, 6.07) is 5.91. The van der Waals surface area contributed by atoms with E-state index in [1.807, 2.05) is 18.2 Å². The van der Waals surface area contributed by atoms with Crippen LogP contribution in [-0.4, -0.2) is 20.3 Å². The third-order valence-electron chi connectivity index (χ3n) is 2.37. The van der Waals surface area contributed by atoms with E-state index in [0.29, 0.717) is 0 Å². The molecule has 0 aromatic heterocycles. The first-order valence-corrected chi connectivity index (χ1v) is 4.91. The van der Waals surface area contributed by atoms with Crippen LogP contribution in [0.5, 0.6) is 11.5 Å². The smallest absolute Gasteiger partial charge is 0.127 e. The zero-order chi connectivity index (χ0) is 9.80. The van der Waals surface area contributed by atoms with E-state index in [0.717, 1.165) is 43.2 Å². The average molecular weight is 193 g/mol. The van der Waals surface area contributed by atoms with E-state index in [1.54, 1.807) is 7.11 Å². The minimum Gasteiger partial charge on any atom is -0.496 e. The molecule has 0 unspecified atom stereocenters. The molecule has 14 heavy (non-hydrogen) atoms. The van der Waals surface area contributed by atoms with Crippen molar-refractivity contribution in [2.75, 3.05) is 20.3 Å². The Kier molecular flexibility index (Phi) is 2.89. The zero-order valence-electron chi connectivity index (χ0n) is 8.38. The Morgan fingerprint density at radius 1 is 1.43 bits per heavy atom. The predicted octanol–water partition coefficient (Wildman–Crippen LogP) is 1.57. The summed E-state index contributed by atoms with van der Waals surface area (Å²) in [6.45, 7) is 2.59. The van der Waals surface area contributed by atoms with E-state index in [1.165, 1.54) is 0 Å². The highest BCUT2D eigenvalue weighted by Crippen LogP contribution is 2.28. The van der Waals surface area contributed by atoms with Crippen LogP contribution in [0.3, 0.4) is 0 Å². The molecule has 76 valence electrons. The molecular formula is C11H15NO2. The maximum absolute atomic E-state index is 5.65. The van der Waals surface area contributed by atoms with Gasteiger partial charge in [0.25, 0.3) is 0 Å². The van der Waals surface area contributed by atoms with Gasteiger partial charge in [-0.1, -0.05) is 6.07 Å². The van der Waals surface area contributed by atoms with Gasteiger partial charge in [-0.05, 0) is 25.1 Å². The monoisotopic (exact) mass is 193 g/mol. The number of methoxy groups -OCH3 is 1. The lowest BCUT2D eigenvalue weighted by molar-refractivity contribution is 0.291. The molecule has 1 heterocycles. The van der Waals surface area contributed by atoms with Crippen molar-refractivity contribution in [1.29, 1.82) is 0 Å². The molecule has 0 aliphatic carbocycles. The Balaban J connectivity index is 2.33. The van der Waals surface area contributed by atoms with Gasteiger partial charge in [0.2, 0.25) is 0 Å². The Morgan fingerprint density at radius 2 is 2.36 bits per heavy atom. The van der Waals surface area contributed by atoms with E-state index in [-0.39, 0.29) is 0 Å². The van der Waals surface area contributed by atoms with Crippen molar-refractivity contribution in [3.05, 3.63) is 23.8 Å². The molecule has 0 saturated heterocycles. The van der Waals surface area contributed by atoms with Crippen molar-refractivity contribution >= 4 is 0 Å². The Hall–Kier alpha value is -1.22. The second-order valence-electron chi connectivity index (χ2n) is 3.32. The third-order valence-corrected chi connectivity index (χ3v) is 2.37. The first-order valence-electron chi connectivity index (χ1n) is 4.91. The SMILES string of the molecule is COc1cccc2c1CNCCCO2. The fraction of sp³-hybridized carbons (Fsp3) is 0.455. The van der Waals surface area contributed by atoms with E-state index in [2.05, 4.69) is 5.32 Å². The minimum atomic E-state index is 0.771. The summed E-state index contributed by atoms with van der Waals surface area (Å²) < 4.78 is 10.9. The number of fused-ring (bicyclic) bond motifs is 1. The van der Waals surface area contributed by atoms with Crippen molar-refractivity contribution in [3.63, 3.8) is 0 Å². The maximum Gasteiger partial charge on any atom is 0.127 e. The summed E-state index contributed by atoms with van der Waals surface area (Å²) in [5, 5.41) is 3.36. The van der Waals surface area contributed by atoms with E-state index >= 15 is 0 Å². The molecular weight excluding hydrogens is 178 g/mol. The van der Waals surface area contributed by atoms with E-state index in [9.17, 15) is 0 Å². The van der Waals surface area contributed by atoms with Crippen molar-refractivity contribution in [2.45, 2.75) is 13.0 Å². The zero-order valence-corrected chi connectivity index (χ0v) is 8.38. The van der Waals surface area contributed by atoms with Crippen molar-refractivity contribution < 1.29 is 9.47 Å². The van der Waals surface area contributed by atoms with E-state index in [4.69, 9.17) is 9.47 Å². The van der Waals surface area contributed by atoms with Crippen molar-refractivity contribution in [2.24, 2.45) is 0 Å². The molecule has 1 N–H and O–H groups in total. The molecule has 0 saturated carbocycles. The molecule has 1 aliphatic heterocycles. The van der Waals surface area contributed by atoms with Crippen LogP contribution in [0.15, 0.2) is 18.2 Å². The second-order valence-corrected chi connectivity index (χ2v) is 3.32. The topological polar surface area (TPSA) is 30.5 Å². The lowest BCUT2D eigenvalue weighted by Crippen LogP contribution is -2.21. The highest BCUT2D eigenvalue weighted by atomic mass is 16.5. The van der Waals surface area contributed by atoms with E-state index < -0.39 is 0 Å². The highest BCUT2D eigenvalue weighted by molar-refractivity contribution is 5.44. The quantitative estimate of drug-likeness (QED) is 0.734. The van der Waals surface area contributed by atoms with Gasteiger partial charge in [0.1, 0.15) is 11.5 Å². The van der Waals surface area contributed by atoms with Gasteiger partial charge in [-0.3, -0.25) is 0 Å². The maximum atomic E-state index is 5.65. The van der Waals surface area contributed by atoms with Gasteiger partial charge in [0.15, 0.2) is 0 Å². The summed E-state index contributed by atoms with van der Waals surface area (Å²) >= 11 is 0. The van der Waals surface area contributed by atoms with Gasteiger partial charge in [-0.15, -0.1) is 0 Å². The fourth-order valence-corrected chi connectivity index (χ4v) is 1.64. The normalized spacial score (nSPS) is 16.1. The van der Waals surface area contributed by atoms with Crippen LogP contribution in [0, 0.1) is 0 Å². The van der Waals surface area contributed by atoms with Gasteiger partial charge in [-0.25, -0.2) is 0 Å². The van der Waals surface area contributed by atoms with Gasteiger partial charge in [0.05, 0.1) is 13.7 Å². The van der Waals surface area contributed by atoms with Gasteiger partial charge >= 0.3 is 0 Å². The van der Waals surface area contributed by atoms with Crippen LogP contribution in [-0.2, 0) is 6.54 Å². The van der Waals surface area contributed by atoms with Crippen molar-refractivity contribution in [1.82, 2.24) is 5.32 Å². The lowest BCUT2D eigenvalue weighted by atomic mass is 10.1. The number of rotatable bonds is 1. The number of nitrogens with one attached hydrogen (secondary N) is 1. The summed E-state index contributed by atoms with van der Waals surface area (Å²) in [4.78, 5) is 0. The number of benzene rings is 1. The molecule has 0 bridgehead atoms. The average Bonchev–Trinajstić information content (AvgIpc) is 2.18. The molecule has 1 aromatic carbocycles.